The van der Waals surface area contributed by atoms with E-state index in [-0.39, 0.29) is 46.6 Å². The summed E-state index contributed by atoms with van der Waals surface area (Å²) in [4.78, 5) is 65.2. The summed E-state index contributed by atoms with van der Waals surface area (Å²) in [5.41, 5.74) is 7.74. The van der Waals surface area contributed by atoms with E-state index in [1.165, 1.54) is 12.1 Å². The number of primary amides is 1. The second kappa shape index (κ2) is 9.71. The zero-order valence-corrected chi connectivity index (χ0v) is 22.6. The highest BCUT2D eigenvalue weighted by atomic mass is 79.9. The van der Waals surface area contributed by atoms with Crippen molar-refractivity contribution < 1.29 is 33.8 Å². The molecule has 40 heavy (non-hydrogen) atoms. The molecule has 2 aromatic rings. The second-order valence-corrected chi connectivity index (χ2v) is 11.1. The molecule has 4 amide bonds. The second-order valence-electron chi connectivity index (χ2n) is 10.2. The zero-order valence-electron chi connectivity index (χ0n) is 21.0. The Kier molecular flexibility index (Phi) is 6.29. The summed E-state index contributed by atoms with van der Waals surface area (Å²) < 4.78 is 5.94. The largest absolute Gasteiger partial charge is 0.507 e. The number of benzene rings is 2. The predicted molar refractivity (Wildman–Crippen MR) is 145 cm³/mol. The number of amides is 4. The standard InChI is InChI=1S/C30H23BrN2O7/c31-21-12-23(35)26-20(27(21)36)11-19-16(8-9-18-25(19)29(38)33(28(18)37)30(32)39)24(26)17-7-6-15(10-22(17)34)40-13-14-4-2-1-3-5-14/h1-8,10,12,18-19,24-25,34H,9,11,13H2,(H2,32,39). The van der Waals surface area contributed by atoms with E-state index >= 15 is 0 Å². The number of ether oxygens (including phenoxy) is 1. The minimum Gasteiger partial charge on any atom is -0.507 e. The summed E-state index contributed by atoms with van der Waals surface area (Å²) in [5.74, 6) is -5.09. The zero-order chi connectivity index (χ0) is 28.3. The van der Waals surface area contributed by atoms with E-state index < -0.39 is 47.3 Å². The van der Waals surface area contributed by atoms with Gasteiger partial charge in [-0.3, -0.25) is 19.2 Å². The summed E-state index contributed by atoms with van der Waals surface area (Å²) in [6.45, 7) is 0.285. The summed E-state index contributed by atoms with van der Waals surface area (Å²) in [7, 11) is 0. The number of aromatic hydroxyl groups is 1. The summed E-state index contributed by atoms with van der Waals surface area (Å²) in [5, 5.41) is 11.2. The number of fused-ring (bicyclic) bond motifs is 3. The first kappa shape index (κ1) is 25.9. The third kappa shape index (κ3) is 4.02. The maximum atomic E-state index is 13.3. The minimum absolute atomic E-state index is 0.0387. The van der Waals surface area contributed by atoms with Crippen molar-refractivity contribution in [2.75, 3.05) is 0 Å². The van der Waals surface area contributed by atoms with Crippen molar-refractivity contribution in [3.63, 3.8) is 0 Å². The lowest BCUT2D eigenvalue weighted by molar-refractivity contribution is -0.136. The van der Waals surface area contributed by atoms with Crippen molar-refractivity contribution in [2.45, 2.75) is 25.4 Å². The molecule has 2 aromatic carbocycles. The monoisotopic (exact) mass is 602 g/mol. The number of ketones is 2. The Morgan fingerprint density at radius 2 is 1.80 bits per heavy atom. The smallest absolute Gasteiger partial charge is 0.328 e. The molecule has 202 valence electrons. The van der Waals surface area contributed by atoms with Crippen LogP contribution in [-0.4, -0.2) is 39.4 Å². The van der Waals surface area contributed by atoms with E-state index in [9.17, 15) is 29.1 Å². The van der Waals surface area contributed by atoms with Gasteiger partial charge in [0.1, 0.15) is 18.1 Å². The topological polar surface area (TPSA) is 144 Å². The van der Waals surface area contributed by atoms with Gasteiger partial charge in [0.2, 0.25) is 11.8 Å². The van der Waals surface area contributed by atoms with Crippen molar-refractivity contribution in [1.29, 1.82) is 0 Å². The number of phenols is 1. The number of carbonyl (C=O) groups is 5. The number of nitrogens with zero attached hydrogens (tertiary/aromatic N) is 1. The molecule has 1 saturated heterocycles. The van der Waals surface area contributed by atoms with Crippen LogP contribution in [0.1, 0.15) is 29.9 Å². The molecule has 10 heteroatoms. The first-order chi connectivity index (χ1) is 19.2. The number of hydrogen-bond donors (Lipinski definition) is 2. The van der Waals surface area contributed by atoms with Gasteiger partial charge in [-0.2, -0.15) is 4.90 Å². The third-order valence-electron chi connectivity index (χ3n) is 8.11. The number of rotatable bonds is 4. The van der Waals surface area contributed by atoms with E-state index in [2.05, 4.69) is 15.9 Å². The van der Waals surface area contributed by atoms with Gasteiger partial charge in [0, 0.05) is 34.8 Å². The van der Waals surface area contributed by atoms with Gasteiger partial charge < -0.3 is 15.6 Å². The molecule has 1 aliphatic heterocycles. The number of phenolic OH excluding ortho intramolecular Hbond substituents is 1. The maximum Gasteiger partial charge on any atom is 0.328 e. The lowest BCUT2D eigenvalue weighted by Gasteiger charge is -2.42. The highest BCUT2D eigenvalue weighted by Crippen LogP contribution is 2.56. The number of carbonyl (C=O) groups excluding carboxylic acids is 5. The number of hydrogen-bond acceptors (Lipinski definition) is 7. The molecule has 0 bridgehead atoms. The number of urea groups is 1. The average Bonchev–Trinajstić information content (AvgIpc) is 3.20. The Bertz CT molecular complexity index is 1610. The van der Waals surface area contributed by atoms with Gasteiger partial charge in [-0.1, -0.05) is 48.0 Å². The van der Waals surface area contributed by atoms with Crippen LogP contribution in [0.15, 0.2) is 81.9 Å². The average molecular weight is 603 g/mol. The molecular weight excluding hydrogens is 580 g/mol. The van der Waals surface area contributed by atoms with Gasteiger partial charge in [-0.05, 0) is 46.3 Å². The third-order valence-corrected chi connectivity index (χ3v) is 8.70. The molecule has 4 unspecified atom stereocenters. The van der Waals surface area contributed by atoms with Crippen molar-refractivity contribution >= 4 is 45.3 Å². The van der Waals surface area contributed by atoms with Gasteiger partial charge in [-0.25, -0.2) is 4.79 Å². The molecule has 9 nitrogen and oxygen atoms in total. The fraction of sp³-hybridized carbons (Fsp3) is 0.233. The Morgan fingerprint density at radius 1 is 1.05 bits per heavy atom. The van der Waals surface area contributed by atoms with Gasteiger partial charge >= 0.3 is 6.03 Å². The van der Waals surface area contributed by atoms with Crippen molar-refractivity contribution in [3.8, 4) is 11.5 Å². The summed E-state index contributed by atoms with van der Waals surface area (Å²) >= 11 is 3.17. The quantitative estimate of drug-likeness (QED) is 0.307. The predicted octanol–water partition coefficient (Wildman–Crippen LogP) is 3.81. The van der Waals surface area contributed by atoms with Crippen LogP contribution in [0.5, 0.6) is 11.5 Å². The normalized spacial score (nSPS) is 25.7. The minimum atomic E-state index is -1.14. The first-order valence-corrected chi connectivity index (χ1v) is 13.5. The molecule has 0 radical (unpaired) electrons. The Hall–Kier alpha value is -4.31. The molecule has 1 fully saturated rings. The number of allylic oxidation sites excluding steroid dienone is 6. The summed E-state index contributed by atoms with van der Waals surface area (Å²) in [6, 6.07) is 13.2. The van der Waals surface area contributed by atoms with E-state index in [1.807, 2.05) is 30.3 Å². The Morgan fingerprint density at radius 3 is 2.50 bits per heavy atom. The van der Waals surface area contributed by atoms with Crippen LogP contribution in [0.4, 0.5) is 4.79 Å². The number of imide groups is 3. The molecule has 6 rings (SSSR count). The van der Waals surface area contributed by atoms with Crippen molar-refractivity contribution in [1.82, 2.24) is 4.90 Å². The molecule has 0 aromatic heterocycles. The highest BCUT2D eigenvalue weighted by molar-refractivity contribution is 9.12. The van der Waals surface area contributed by atoms with Crippen LogP contribution >= 0.6 is 15.9 Å². The van der Waals surface area contributed by atoms with Crippen LogP contribution in [0, 0.1) is 17.8 Å². The van der Waals surface area contributed by atoms with Gasteiger partial charge in [0.15, 0.2) is 11.6 Å². The Balaban J connectivity index is 1.42. The fourth-order valence-corrected chi connectivity index (χ4v) is 6.82. The van der Waals surface area contributed by atoms with Gasteiger partial charge in [-0.15, -0.1) is 0 Å². The molecular formula is C30H23BrN2O7. The summed E-state index contributed by atoms with van der Waals surface area (Å²) in [6.07, 6.45) is 3.20. The fourth-order valence-electron chi connectivity index (χ4n) is 6.38. The molecule has 0 saturated carbocycles. The number of likely N-dealkylation sites (tertiary alicyclic amines) is 1. The lowest BCUT2D eigenvalue weighted by Crippen LogP contribution is -2.42. The number of Topliss-reactive ketones (excluding diaryl/α,β-unsaturated/α-hetero) is 1. The first-order valence-electron chi connectivity index (χ1n) is 12.7. The van der Waals surface area contributed by atoms with Crippen LogP contribution in [0.3, 0.4) is 0 Å². The van der Waals surface area contributed by atoms with Crippen LogP contribution in [0.2, 0.25) is 0 Å². The van der Waals surface area contributed by atoms with Gasteiger partial charge in [0.05, 0.1) is 16.3 Å². The molecule has 3 N–H and O–H groups in total. The molecule has 3 aliphatic carbocycles. The van der Waals surface area contributed by atoms with Crippen molar-refractivity contribution in [3.05, 3.63) is 93.0 Å². The number of halogens is 1. The molecule has 4 aliphatic rings. The molecule has 4 atom stereocenters. The van der Waals surface area contributed by atoms with Crippen molar-refractivity contribution in [2.24, 2.45) is 23.5 Å². The Labute approximate surface area is 237 Å². The highest BCUT2D eigenvalue weighted by Gasteiger charge is 2.57. The molecule has 0 spiro atoms. The van der Waals surface area contributed by atoms with Crippen LogP contribution < -0.4 is 10.5 Å². The van der Waals surface area contributed by atoms with E-state index in [0.29, 0.717) is 21.8 Å². The van der Waals surface area contributed by atoms with E-state index in [1.54, 1.807) is 18.2 Å². The van der Waals surface area contributed by atoms with Crippen LogP contribution in [0.25, 0.3) is 0 Å². The SMILES string of the molecule is NC(=O)N1C(=O)C2CC=C3C(c4ccc(OCc5ccccc5)cc4O)C4=C(CC3C2C1=O)C(=O)C(Br)=CC4=O. The maximum absolute atomic E-state index is 13.3. The van der Waals surface area contributed by atoms with Crippen LogP contribution in [-0.2, 0) is 25.8 Å². The van der Waals surface area contributed by atoms with E-state index in [4.69, 9.17) is 10.5 Å². The van der Waals surface area contributed by atoms with E-state index in [0.717, 1.165) is 5.56 Å². The lowest BCUT2D eigenvalue weighted by atomic mass is 9.59. The number of nitrogens with two attached hydrogens (primary N) is 1. The van der Waals surface area contributed by atoms with Gasteiger partial charge in [0.25, 0.3) is 0 Å². The molecule has 1 heterocycles.